The first-order valence-electron chi connectivity index (χ1n) is 3.00. The van der Waals surface area contributed by atoms with Gasteiger partial charge < -0.3 is 0 Å². The standard InChI is InChI=1S/C4H8O2S2.HN3/c5-8(6)4-2-1-3-7-8;1-3-2/h1-4H2;1H. The first kappa shape index (κ1) is 10.6. The van der Waals surface area contributed by atoms with Gasteiger partial charge in [-0.05, 0) is 34.1 Å². The fourth-order valence-corrected chi connectivity index (χ4v) is 3.70. The van der Waals surface area contributed by atoms with E-state index < -0.39 is 8.87 Å². The van der Waals surface area contributed by atoms with Crippen LogP contribution in [-0.2, 0) is 8.87 Å². The molecule has 0 atom stereocenters. The van der Waals surface area contributed by atoms with Crippen molar-refractivity contribution >= 4 is 19.7 Å². The van der Waals surface area contributed by atoms with Crippen molar-refractivity contribution in [2.45, 2.75) is 12.8 Å². The minimum Gasteiger partial charge on any atom is -0.217 e. The Morgan fingerprint density at radius 1 is 1.45 bits per heavy atom. The summed E-state index contributed by atoms with van der Waals surface area (Å²) in [5.74, 6) is 1.18. The first-order chi connectivity index (χ1) is 5.12. The van der Waals surface area contributed by atoms with Gasteiger partial charge in [0.1, 0.15) is 0 Å². The molecule has 0 aromatic heterocycles. The summed E-state index contributed by atoms with van der Waals surface area (Å²) in [5.41, 5.74) is 12.2. The Hall–Kier alpha value is -0.390. The summed E-state index contributed by atoms with van der Waals surface area (Å²) < 4.78 is 21.2. The Morgan fingerprint density at radius 3 is 2.18 bits per heavy atom. The molecule has 0 aromatic carbocycles. The zero-order chi connectivity index (χ0) is 8.74. The van der Waals surface area contributed by atoms with E-state index in [1.165, 1.54) is 0 Å². The van der Waals surface area contributed by atoms with Crippen molar-refractivity contribution in [3.8, 4) is 0 Å². The van der Waals surface area contributed by atoms with Crippen molar-refractivity contribution in [3.63, 3.8) is 0 Å². The van der Waals surface area contributed by atoms with Gasteiger partial charge in [-0.15, -0.1) is 5.53 Å². The van der Waals surface area contributed by atoms with Crippen LogP contribution in [0.2, 0.25) is 0 Å². The van der Waals surface area contributed by atoms with Crippen LogP contribution in [0, 0.1) is 5.53 Å². The maximum atomic E-state index is 10.6. The van der Waals surface area contributed by atoms with E-state index >= 15 is 0 Å². The van der Waals surface area contributed by atoms with Crippen molar-refractivity contribution in [1.29, 1.82) is 5.53 Å². The molecule has 64 valence electrons. The number of nitrogens with one attached hydrogen (secondary N) is 1. The molecule has 1 fully saturated rings. The van der Waals surface area contributed by atoms with Crippen molar-refractivity contribution in [1.82, 2.24) is 0 Å². The second-order valence-corrected chi connectivity index (χ2v) is 6.29. The third kappa shape index (κ3) is 6.03. The summed E-state index contributed by atoms with van der Waals surface area (Å²) in [6, 6.07) is 0. The highest BCUT2D eigenvalue weighted by atomic mass is 33.1. The third-order valence-corrected chi connectivity index (χ3v) is 4.73. The van der Waals surface area contributed by atoms with Crippen LogP contribution >= 0.6 is 10.8 Å². The lowest BCUT2D eigenvalue weighted by Gasteiger charge is -2.07. The van der Waals surface area contributed by atoms with Crippen LogP contribution in [0.3, 0.4) is 0 Å². The molecule has 0 amide bonds. The van der Waals surface area contributed by atoms with Crippen LogP contribution in [0.15, 0.2) is 0 Å². The molecule has 1 N–H and O–H groups in total. The fraction of sp³-hybridized carbons (Fsp3) is 1.00. The Bertz CT molecular complexity index is 218. The van der Waals surface area contributed by atoms with E-state index in [2.05, 4.69) is 0 Å². The van der Waals surface area contributed by atoms with Gasteiger partial charge in [-0.3, -0.25) is 0 Å². The maximum absolute atomic E-state index is 10.6. The van der Waals surface area contributed by atoms with Gasteiger partial charge in [0.25, 0.3) is 0 Å². The lowest BCUT2D eigenvalue weighted by atomic mass is 10.4. The lowest BCUT2D eigenvalue weighted by molar-refractivity contribution is 0.605. The molecule has 5 nitrogen and oxygen atoms in total. The van der Waals surface area contributed by atoms with Gasteiger partial charge in [-0.25, -0.2) is 8.42 Å². The molecule has 0 spiro atoms. The number of nitrogens with zero attached hydrogens (tertiary/aromatic N) is 2. The van der Waals surface area contributed by atoms with E-state index in [1.807, 2.05) is 0 Å². The predicted molar refractivity (Wildman–Crippen MR) is 44.9 cm³/mol. The minimum atomic E-state index is -2.67. The van der Waals surface area contributed by atoms with E-state index in [9.17, 15) is 8.42 Å². The number of hydrogen-bond acceptors (Lipinski definition) is 4. The monoisotopic (exact) mass is 195 g/mol. The van der Waals surface area contributed by atoms with Crippen molar-refractivity contribution < 1.29 is 8.42 Å². The van der Waals surface area contributed by atoms with Gasteiger partial charge in [-0.1, -0.05) is 0 Å². The normalized spacial score (nSPS) is 20.7. The van der Waals surface area contributed by atoms with E-state index in [0.717, 1.165) is 29.4 Å². The van der Waals surface area contributed by atoms with E-state index in [0.29, 0.717) is 5.75 Å². The minimum absolute atomic E-state index is 0.387. The zero-order valence-electron chi connectivity index (χ0n) is 5.86. The topological polar surface area (TPSA) is 94.4 Å². The molecule has 1 saturated heterocycles. The van der Waals surface area contributed by atoms with Crippen LogP contribution in [0.4, 0.5) is 0 Å². The second kappa shape index (κ2) is 5.29. The van der Waals surface area contributed by atoms with Gasteiger partial charge in [0.05, 0.1) is 5.75 Å². The zero-order valence-corrected chi connectivity index (χ0v) is 7.49. The second-order valence-electron chi connectivity index (χ2n) is 1.89. The molecule has 11 heavy (non-hydrogen) atoms. The van der Waals surface area contributed by atoms with Gasteiger partial charge in [0.15, 0.2) is 0 Å². The van der Waals surface area contributed by atoms with E-state index in [4.69, 9.17) is 11.1 Å². The molecular weight excluding hydrogens is 186 g/mol. The SMILES string of the molecule is O=S1(=O)CCCCS1.[N-]=[N+]=N. The van der Waals surface area contributed by atoms with E-state index in [-0.39, 0.29) is 0 Å². The number of hydrogen-bond donors (Lipinski definition) is 1. The average molecular weight is 195 g/mol. The van der Waals surface area contributed by atoms with Crippen molar-refractivity contribution in [2.75, 3.05) is 11.5 Å². The number of rotatable bonds is 0. The molecule has 0 bridgehead atoms. The quantitative estimate of drug-likeness (QED) is 0.276. The highest BCUT2D eigenvalue weighted by Crippen LogP contribution is 2.21. The molecule has 1 aliphatic rings. The summed E-state index contributed by atoms with van der Waals surface area (Å²) in [6.45, 7) is 0. The summed E-state index contributed by atoms with van der Waals surface area (Å²) in [5, 5.41) is 0. The summed E-state index contributed by atoms with van der Waals surface area (Å²) in [6.07, 6.45) is 1.92. The highest BCUT2D eigenvalue weighted by Gasteiger charge is 2.14. The van der Waals surface area contributed by atoms with Crippen molar-refractivity contribution in [2.24, 2.45) is 0 Å². The van der Waals surface area contributed by atoms with Crippen LogP contribution in [0.5, 0.6) is 0 Å². The average Bonchev–Trinajstić information content (AvgIpc) is 1.88. The van der Waals surface area contributed by atoms with Crippen LogP contribution in [0.1, 0.15) is 12.8 Å². The van der Waals surface area contributed by atoms with Crippen LogP contribution in [-0.4, -0.2) is 19.9 Å². The maximum Gasteiger partial charge on any atom is 0.201 e. The van der Waals surface area contributed by atoms with Gasteiger partial charge >= 0.3 is 0 Å². The van der Waals surface area contributed by atoms with Gasteiger partial charge in [0, 0.05) is 5.75 Å². The van der Waals surface area contributed by atoms with Crippen LogP contribution < -0.4 is 0 Å². The van der Waals surface area contributed by atoms with Gasteiger partial charge in [-0.2, -0.15) is 0 Å². The summed E-state index contributed by atoms with van der Waals surface area (Å²) in [7, 11) is -1.57. The molecular formula is C4H9N3O2S2. The summed E-state index contributed by atoms with van der Waals surface area (Å²) in [4.78, 5) is 1.75. The molecule has 0 saturated carbocycles. The molecule has 7 heteroatoms. The first-order valence-corrected chi connectivity index (χ1v) is 6.16. The molecule has 0 radical (unpaired) electrons. The third-order valence-electron chi connectivity index (χ3n) is 1.05. The largest absolute Gasteiger partial charge is 0.217 e. The highest BCUT2D eigenvalue weighted by molar-refractivity contribution is 8.72. The molecule has 1 aliphatic heterocycles. The summed E-state index contributed by atoms with van der Waals surface area (Å²) >= 11 is 0. The van der Waals surface area contributed by atoms with Gasteiger partial charge in [0.2, 0.25) is 8.87 Å². The lowest BCUT2D eigenvalue weighted by Crippen LogP contribution is -2.07. The Balaban J connectivity index is 0.000000292. The van der Waals surface area contributed by atoms with E-state index in [1.54, 1.807) is 4.91 Å². The predicted octanol–water partition coefficient (Wildman–Crippen LogP) is 1.72. The molecule has 1 heterocycles. The Kier molecular flexibility index (Phi) is 5.10. The Morgan fingerprint density at radius 2 is 2.00 bits per heavy atom. The fourth-order valence-electron chi connectivity index (χ4n) is 0.626. The molecule has 0 unspecified atom stereocenters. The van der Waals surface area contributed by atoms with Crippen LogP contribution in [0.25, 0.3) is 10.4 Å². The molecule has 0 aliphatic carbocycles. The molecule has 1 rings (SSSR count). The smallest absolute Gasteiger partial charge is 0.201 e. The van der Waals surface area contributed by atoms with Crippen molar-refractivity contribution in [3.05, 3.63) is 10.4 Å². The Labute approximate surface area is 68.9 Å². The molecule has 0 aromatic rings.